The Morgan fingerprint density at radius 3 is 2.77 bits per heavy atom. The number of halogens is 1. The second-order valence-electron chi connectivity index (χ2n) is 6.11. The second kappa shape index (κ2) is 8.91. The molecule has 1 fully saturated rings. The Balaban J connectivity index is 1.47. The van der Waals surface area contributed by atoms with Gasteiger partial charge in [0.15, 0.2) is 0 Å². The van der Waals surface area contributed by atoms with Crippen LogP contribution in [-0.2, 0) is 11.3 Å². The molecule has 1 aliphatic carbocycles. The average molecular weight is 353 g/mol. The Hall–Kier alpha value is -3.00. The number of rotatable bonds is 6. The summed E-state index contributed by atoms with van der Waals surface area (Å²) in [6.07, 6.45) is 1.81. The predicted octanol–water partition coefficient (Wildman–Crippen LogP) is 3.89. The van der Waals surface area contributed by atoms with Crippen molar-refractivity contribution in [2.75, 3.05) is 13.2 Å². The Bertz CT molecular complexity index is 807. The summed E-state index contributed by atoms with van der Waals surface area (Å²) in [4.78, 5) is 11.6. The van der Waals surface area contributed by atoms with Gasteiger partial charge in [-0.15, -0.1) is 0 Å². The van der Waals surface area contributed by atoms with Gasteiger partial charge in [-0.05, 0) is 42.5 Å². The van der Waals surface area contributed by atoms with Crippen LogP contribution in [0.4, 0.5) is 9.18 Å². The highest BCUT2D eigenvalue weighted by Gasteiger charge is 2.22. The van der Waals surface area contributed by atoms with Gasteiger partial charge in [0.1, 0.15) is 18.2 Å². The molecule has 0 saturated heterocycles. The van der Waals surface area contributed by atoms with Gasteiger partial charge in [-0.25, -0.2) is 9.18 Å². The number of carbonyl (C=O) groups is 1. The number of amides is 1. The number of nitrogens with one attached hydrogen (secondary N) is 1. The largest absolute Gasteiger partial charge is 0.492 e. The third-order valence-electron chi connectivity index (χ3n) is 3.87. The maximum absolute atomic E-state index is 13.4. The number of carbonyl (C=O) groups excluding carboxylic acids is 1. The third kappa shape index (κ3) is 5.82. The zero-order valence-electron chi connectivity index (χ0n) is 14.3. The molecule has 0 heterocycles. The maximum Gasteiger partial charge on any atom is 0.408 e. The summed E-state index contributed by atoms with van der Waals surface area (Å²) >= 11 is 0. The van der Waals surface area contributed by atoms with Crippen LogP contribution in [0.1, 0.15) is 24.0 Å². The van der Waals surface area contributed by atoms with Crippen molar-refractivity contribution in [2.24, 2.45) is 5.92 Å². The average Bonchev–Trinajstić information content (AvgIpc) is 3.48. The Morgan fingerprint density at radius 1 is 1.19 bits per heavy atom. The first-order chi connectivity index (χ1) is 12.7. The van der Waals surface area contributed by atoms with E-state index < -0.39 is 6.09 Å². The summed E-state index contributed by atoms with van der Waals surface area (Å²) in [6.45, 7) is 0.930. The lowest BCUT2D eigenvalue weighted by atomic mass is 10.2. The van der Waals surface area contributed by atoms with E-state index in [0.717, 1.165) is 5.56 Å². The number of ether oxygens (including phenoxy) is 2. The second-order valence-corrected chi connectivity index (χ2v) is 6.11. The van der Waals surface area contributed by atoms with Crippen molar-refractivity contribution in [3.05, 3.63) is 65.5 Å². The van der Waals surface area contributed by atoms with Crippen molar-refractivity contribution in [1.29, 1.82) is 0 Å². The van der Waals surface area contributed by atoms with Crippen molar-refractivity contribution in [2.45, 2.75) is 19.4 Å². The Kier molecular flexibility index (Phi) is 6.10. The molecule has 1 N–H and O–H groups in total. The molecule has 2 aromatic rings. The molecule has 1 aliphatic rings. The number of benzene rings is 2. The van der Waals surface area contributed by atoms with Crippen LogP contribution in [-0.4, -0.2) is 19.2 Å². The molecule has 0 atom stereocenters. The lowest BCUT2D eigenvalue weighted by Gasteiger charge is -2.07. The van der Waals surface area contributed by atoms with Crippen LogP contribution in [0.3, 0.4) is 0 Å². The minimum atomic E-state index is -0.549. The van der Waals surface area contributed by atoms with Gasteiger partial charge in [-0.3, -0.25) is 0 Å². The van der Waals surface area contributed by atoms with Crippen LogP contribution in [0, 0.1) is 23.6 Å². The van der Waals surface area contributed by atoms with E-state index in [1.54, 1.807) is 6.07 Å². The highest BCUT2D eigenvalue weighted by atomic mass is 19.1. The summed E-state index contributed by atoms with van der Waals surface area (Å²) < 4.78 is 24.2. The number of hydrogen-bond acceptors (Lipinski definition) is 3. The molecule has 4 nitrogen and oxygen atoms in total. The molecule has 0 aliphatic heterocycles. The van der Waals surface area contributed by atoms with Gasteiger partial charge in [-0.2, -0.15) is 0 Å². The first-order valence-corrected chi connectivity index (χ1v) is 8.56. The minimum absolute atomic E-state index is 0.103. The standard InChI is InChI=1S/C21H20FNO3/c22-19-10-11-20(25-14-17-8-9-17)18(13-19)7-4-12-23-21(24)26-15-16-5-2-1-3-6-16/h1-3,5-6,10-11,13,17H,8-9,12,14-15H2,(H,23,24). The Morgan fingerprint density at radius 2 is 2.00 bits per heavy atom. The third-order valence-corrected chi connectivity index (χ3v) is 3.87. The van der Waals surface area contributed by atoms with E-state index in [0.29, 0.717) is 23.8 Å². The topological polar surface area (TPSA) is 47.6 Å². The minimum Gasteiger partial charge on any atom is -0.492 e. The fourth-order valence-corrected chi connectivity index (χ4v) is 2.25. The molecule has 134 valence electrons. The molecule has 3 rings (SSSR count). The van der Waals surface area contributed by atoms with Gasteiger partial charge in [-0.1, -0.05) is 42.2 Å². The summed E-state index contributed by atoms with van der Waals surface area (Å²) in [5.74, 6) is 6.43. The van der Waals surface area contributed by atoms with Crippen LogP contribution in [0.25, 0.3) is 0 Å². The Labute approximate surface area is 152 Å². The van der Waals surface area contributed by atoms with Crippen LogP contribution in [0.15, 0.2) is 48.5 Å². The molecule has 1 amide bonds. The highest BCUT2D eigenvalue weighted by Crippen LogP contribution is 2.30. The van der Waals surface area contributed by atoms with Crippen LogP contribution >= 0.6 is 0 Å². The molecular formula is C21H20FNO3. The molecule has 0 unspecified atom stereocenters. The fraction of sp³-hybridized carbons (Fsp3) is 0.286. The lowest BCUT2D eigenvalue weighted by Crippen LogP contribution is -2.24. The van der Waals surface area contributed by atoms with Crippen LogP contribution < -0.4 is 10.1 Å². The molecule has 0 radical (unpaired) electrons. The van der Waals surface area contributed by atoms with E-state index in [1.165, 1.54) is 25.0 Å². The van der Waals surface area contributed by atoms with E-state index >= 15 is 0 Å². The lowest BCUT2D eigenvalue weighted by molar-refractivity contribution is 0.141. The molecule has 0 aromatic heterocycles. The SMILES string of the molecule is O=C(NCC#Cc1cc(F)ccc1OCC1CC1)OCc1ccccc1. The van der Waals surface area contributed by atoms with Crippen molar-refractivity contribution < 1.29 is 18.7 Å². The number of alkyl carbamates (subject to hydrolysis) is 1. The molecule has 1 saturated carbocycles. The van der Waals surface area contributed by atoms with Crippen molar-refractivity contribution in [3.8, 4) is 17.6 Å². The smallest absolute Gasteiger partial charge is 0.408 e. The van der Waals surface area contributed by atoms with Gasteiger partial charge in [0.05, 0.1) is 18.7 Å². The van der Waals surface area contributed by atoms with Gasteiger partial charge >= 0.3 is 6.09 Å². The van der Waals surface area contributed by atoms with E-state index in [9.17, 15) is 9.18 Å². The summed E-state index contributed by atoms with van der Waals surface area (Å²) in [5.41, 5.74) is 1.39. The maximum atomic E-state index is 13.4. The summed E-state index contributed by atoms with van der Waals surface area (Å²) in [7, 11) is 0. The van der Waals surface area contributed by atoms with E-state index in [2.05, 4.69) is 17.2 Å². The molecule has 0 bridgehead atoms. The first kappa shape index (κ1) is 17.8. The van der Waals surface area contributed by atoms with Crippen LogP contribution in [0.5, 0.6) is 5.75 Å². The zero-order chi connectivity index (χ0) is 18.2. The monoisotopic (exact) mass is 353 g/mol. The fourth-order valence-electron chi connectivity index (χ4n) is 2.25. The van der Waals surface area contributed by atoms with Crippen molar-refractivity contribution >= 4 is 6.09 Å². The van der Waals surface area contributed by atoms with Crippen molar-refractivity contribution in [3.63, 3.8) is 0 Å². The van der Waals surface area contributed by atoms with Gasteiger partial charge < -0.3 is 14.8 Å². The van der Waals surface area contributed by atoms with Gasteiger partial charge in [0, 0.05) is 0 Å². The van der Waals surface area contributed by atoms with Crippen molar-refractivity contribution in [1.82, 2.24) is 5.32 Å². The summed E-state index contributed by atoms with van der Waals surface area (Å²) in [6, 6.07) is 13.7. The van der Waals surface area contributed by atoms with Gasteiger partial charge in [0.25, 0.3) is 0 Å². The molecular weight excluding hydrogens is 333 g/mol. The summed E-state index contributed by atoms with van der Waals surface area (Å²) in [5, 5.41) is 2.55. The quantitative estimate of drug-likeness (QED) is 0.802. The number of hydrogen-bond donors (Lipinski definition) is 1. The molecule has 0 spiro atoms. The van der Waals surface area contributed by atoms with Crippen LogP contribution in [0.2, 0.25) is 0 Å². The van der Waals surface area contributed by atoms with E-state index in [-0.39, 0.29) is 19.0 Å². The zero-order valence-corrected chi connectivity index (χ0v) is 14.3. The predicted molar refractivity (Wildman–Crippen MR) is 96.1 cm³/mol. The van der Waals surface area contributed by atoms with E-state index in [1.807, 2.05) is 30.3 Å². The van der Waals surface area contributed by atoms with Gasteiger partial charge in [0.2, 0.25) is 0 Å². The molecule has 2 aromatic carbocycles. The normalized spacial score (nSPS) is 12.7. The first-order valence-electron chi connectivity index (χ1n) is 8.56. The molecule has 26 heavy (non-hydrogen) atoms. The highest BCUT2D eigenvalue weighted by molar-refractivity contribution is 5.67. The molecule has 5 heteroatoms. The van der Waals surface area contributed by atoms with E-state index in [4.69, 9.17) is 9.47 Å².